The number of benzene rings is 2. The van der Waals surface area contributed by atoms with Crippen molar-refractivity contribution in [3.63, 3.8) is 0 Å². The lowest BCUT2D eigenvalue weighted by atomic mass is 9.91. The van der Waals surface area contributed by atoms with Crippen LogP contribution in [0.15, 0.2) is 36.7 Å². The molecule has 3 nitrogen and oxygen atoms in total. The molecule has 0 saturated carbocycles. The van der Waals surface area contributed by atoms with E-state index in [1.807, 2.05) is 12.1 Å². The van der Waals surface area contributed by atoms with Gasteiger partial charge in [0.25, 0.3) is 0 Å². The second-order valence-electron chi connectivity index (χ2n) is 8.53. The fourth-order valence-electron chi connectivity index (χ4n) is 5.18. The summed E-state index contributed by atoms with van der Waals surface area (Å²) in [7, 11) is 0. The minimum absolute atomic E-state index is 0. The molecule has 1 N–H and O–H groups in total. The highest BCUT2D eigenvalue weighted by atomic mass is 79.9. The number of halogens is 1. The first-order valence-electron chi connectivity index (χ1n) is 10.6. The number of rotatable bonds is 3. The summed E-state index contributed by atoms with van der Waals surface area (Å²) in [6.07, 6.45) is 9.64. The molecule has 4 heteroatoms. The zero-order valence-corrected chi connectivity index (χ0v) is 18.9. The minimum atomic E-state index is 0. The van der Waals surface area contributed by atoms with Crippen LogP contribution in [-0.4, -0.2) is 29.6 Å². The van der Waals surface area contributed by atoms with E-state index in [9.17, 15) is 5.11 Å². The van der Waals surface area contributed by atoms with Gasteiger partial charge in [-0.1, -0.05) is 12.5 Å². The van der Waals surface area contributed by atoms with E-state index in [1.54, 1.807) is 0 Å². The molecule has 0 radical (unpaired) electrons. The number of hydrogen-bond acceptors (Lipinski definition) is 2. The molecule has 5 rings (SSSR count). The van der Waals surface area contributed by atoms with Crippen LogP contribution in [-0.2, 0) is 13.0 Å². The number of aromatic nitrogens is 1. The molecular weight excluding hydrogens is 424 g/mol. The van der Waals surface area contributed by atoms with Crippen LogP contribution in [0.5, 0.6) is 5.75 Å². The summed E-state index contributed by atoms with van der Waals surface area (Å²) in [6.45, 7) is 9.18. The number of phenols is 1. The number of phenolic OH excluding ortho intramolecular Hbond substituents is 1. The van der Waals surface area contributed by atoms with E-state index >= 15 is 0 Å². The molecule has 152 valence electrons. The molecule has 1 saturated heterocycles. The normalized spacial score (nSPS) is 15.8. The molecule has 1 aliphatic heterocycles. The van der Waals surface area contributed by atoms with Crippen molar-refractivity contribution in [2.75, 3.05) is 19.6 Å². The van der Waals surface area contributed by atoms with Gasteiger partial charge in [0.2, 0.25) is 0 Å². The van der Waals surface area contributed by atoms with Gasteiger partial charge in [-0.3, -0.25) is 4.90 Å². The van der Waals surface area contributed by atoms with E-state index in [-0.39, 0.29) is 17.0 Å². The molecule has 2 heterocycles. The maximum atomic E-state index is 10.0. The van der Waals surface area contributed by atoms with Crippen LogP contribution < -0.4 is 21.5 Å². The first kappa shape index (κ1) is 20.4. The monoisotopic (exact) mass is 452 g/mol. The summed E-state index contributed by atoms with van der Waals surface area (Å²) in [6, 6.07) is 8.12. The molecule has 2 aromatic carbocycles. The predicted octanol–water partition coefficient (Wildman–Crippen LogP) is 1.51. The molecule has 0 bridgehead atoms. The zero-order valence-electron chi connectivity index (χ0n) is 17.3. The summed E-state index contributed by atoms with van der Waals surface area (Å²) in [4.78, 5) is 2.60. The van der Waals surface area contributed by atoms with Crippen molar-refractivity contribution in [3.05, 3.63) is 58.9 Å². The fourth-order valence-corrected chi connectivity index (χ4v) is 5.18. The molecule has 2 aliphatic rings. The van der Waals surface area contributed by atoms with Crippen LogP contribution in [0.4, 0.5) is 0 Å². The minimum Gasteiger partial charge on any atom is -1.00 e. The Kier molecular flexibility index (Phi) is 5.67. The highest BCUT2D eigenvalue weighted by Crippen LogP contribution is 2.44. The molecule has 3 aromatic rings. The lowest BCUT2D eigenvalue weighted by Crippen LogP contribution is -3.00. The maximum absolute atomic E-state index is 10.0. The van der Waals surface area contributed by atoms with Crippen molar-refractivity contribution in [2.24, 2.45) is 0 Å². The van der Waals surface area contributed by atoms with Crippen molar-refractivity contribution in [2.45, 2.75) is 46.1 Å². The van der Waals surface area contributed by atoms with Gasteiger partial charge in [0.1, 0.15) is 5.75 Å². The number of likely N-dealkylation sites (tertiary alicyclic amines) is 1. The van der Waals surface area contributed by atoms with Gasteiger partial charge < -0.3 is 22.1 Å². The second-order valence-corrected chi connectivity index (χ2v) is 8.53. The summed E-state index contributed by atoms with van der Waals surface area (Å²) < 4.78 is 2.36. The Morgan fingerprint density at radius 2 is 1.79 bits per heavy atom. The van der Waals surface area contributed by atoms with E-state index < -0.39 is 0 Å². The van der Waals surface area contributed by atoms with E-state index in [1.165, 1.54) is 76.5 Å². The van der Waals surface area contributed by atoms with Gasteiger partial charge in [-0.25, -0.2) is 4.57 Å². The van der Waals surface area contributed by atoms with Crippen LogP contribution in [0.3, 0.4) is 0 Å². The SMILES string of the molecule is Cc1c2c(c(C)c3c[n+](CCN4CCCCC4)ccc13)-c1cc(O)ccc1C2.[Br-]. The number of aromatic hydroxyl groups is 1. The molecule has 1 aliphatic carbocycles. The third-order valence-electron chi connectivity index (χ3n) is 6.81. The van der Waals surface area contributed by atoms with Gasteiger partial charge in [0.05, 0.1) is 6.54 Å². The number of aryl methyl sites for hydroxylation is 2. The Morgan fingerprint density at radius 3 is 2.59 bits per heavy atom. The third-order valence-corrected chi connectivity index (χ3v) is 6.81. The van der Waals surface area contributed by atoms with Crippen molar-refractivity contribution in [1.29, 1.82) is 0 Å². The molecule has 29 heavy (non-hydrogen) atoms. The van der Waals surface area contributed by atoms with Crippen molar-refractivity contribution < 1.29 is 26.7 Å². The van der Waals surface area contributed by atoms with Crippen LogP contribution in [0.25, 0.3) is 21.9 Å². The lowest BCUT2D eigenvalue weighted by Gasteiger charge is -2.25. The number of nitrogens with zero attached hydrogens (tertiary/aromatic N) is 2. The van der Waals surface area contributed by atoms with Crippen LogP contribution in [0, 0.1) is 13.8 Å². The van der Waals surface area contributed by atoms with Gasteiger partial charge in [0.15, 0.2) is 18.9 Å². The number of fused-ring (bicyclic) bond motifs is 4. The van der Waals surface area contributed by atoms with E-state index in [2.05, 4.69) is 47.8 Å². The molecule has 1 fully saturated rings. The second kappa shape index (κ2) is 8.08. The van der Waals surface area contributed by atoms with Gasteiger partial charge in [-0.2, -0.15) is 0 Å². The van der Waals surface area contributed by atoms with Gasteiger partial charge in [-0.05, 0) is 97.1 Å². The molecule has 0 atom stereocenters. The van der Waals surface area contributed by atoms with Gasteiger partial charge >= 0.3 is 0 Å². The molecule has 0 amide bonds. The average molecular weight is 453 g/mol. The Hall–Kier alpha value is -1.91. The van der Waals surface area contributed by atoms with Crippen LogP contribution in [0.1, 0.15) is 41.5 Å². The standard InChI is InChI=1S/C25H28N2O.BrH/c1-17-21-8-11-27(13-12-26-9-4-3-5-10-26)16-24(21)18(2)25-22(17)14-19-6-7-20(28)15-23(19)25;/h6-8,11,15-16H,3-5,9-10,12-14H2,1-2H3;1H. The Morgan fingerprint density at radius 1 is 1.00 bits per heavy atom. The highest BCUT2D eigenvalue weighted by Gasteiger charge is 2.26. The highest BCUT2D eigenvalue weighted by molar-refractivity contribution is 5.97. The average Bonchev–Trinajstić information content (AvgIpc) is 3.10. The van der Waals surface area contributed by atoms with Crippen molar-refractivity contribution in [1.82, 2.24) is 4.90 Å². The van der Waals surface area contributed by atoms with Gasteiger partial charge in [0, 0.05) is 11.5 Å². The van der Waals surface area contributed by atoms with Crippen molar-refractivity contribution in [3.8, 4) is 16.9 Å². The van der Waals surface area contributed by atoms with Crippen LogP contribution >= 0.6 is 0 Å². The predicted molar refractivity (Wildman–Crippen MR) is 114 cm³/mol. The first-order chi connectivity index (χ1) is 13.6. The third kappa shape index (κ3) is 3.57. The molecule has 1 aromatic heterocycles. The fraction of sp³-hybridized carbons (Fsp3) is 0.400. The number of pyridine rings is 1. The quantitative estimate of drug-likeness (QED) is 0.477. The maximum Gasteiger partial charge on any atom is 0.176 e. The molecule has 0 unspecified atom stereocenters. The van der Waals surface area contributed by atoms with E-state index in [0.717, 1.165) is 19.5 Å². The van der Waals surface area contributed by atoms with Gasteiger partial charge in [-0.15, -0.1) is 0 Å². The molecule has 0 spiro atoms. The van der Waals surface area contributed by atoms with E-state index in [0.29, 0.717) is 5.75 Å². The topological polar surface area (TPSA) is 27.4 Å². The Labute approximate surface area is 183 Å². The summed E-state index contributed by atoms with van der Waals surface area (Å²) in [5, 5.41) is 12.7. The van der Waals surface area contributed by atoms with Crippen LogP contribution in [0.2, 0.25) is 0 Å². The zero-order chi connectivity index (χ0) is 19.3. The molecular formula is C25H29BrN2O. The lowest BCUT2D eigenvalue weighted by molar-refractivity contribution is -0.695. The number of piperidine rings is 1. The van der Waals surface area contributed by atoms with E-state index in [4.69, 9.17) is 0 Å². The Balaban J connectivity index is 0.00000205. The first-order valence-corrected chi connectivity index (χ1v) is 10.6. The largest absolute Gasteiger partial charge is 1.00 e. The smallest absolute Gasteiger partial charge is 0.176 e. The summed E-state index contributed by atoms with van der Waals surface area (Å²) in [5.74, 6) is 0.355. The summed E-state index contributed by atoms with van der Waals surface area (Å²) >= 11 is 0. The van der Waals surface area contributed by atoms with Crippen molar-refractivity contribution >= 4 is 10.8 Å². The summed E-state index contributed by atoms with van der Waals surface area (Å²) in [5.41, 5.74) is 8.02. The Bertz CT molecular complexity index is 1070. The number of hydrogen-bond donors (Lipinski definition) is 1.